The Bertz CT molecular complexity index is 600. The van der Waals surface area contributed by atoms with Gasteiger partial charge in [0, 0.05) is 43.3 Å². The minimum absolute atomic E-state index is 0.166. The van der Waals surface area contributed by atoms with Crippen LogP contribution in [0.15, 0.2) is 41.9 Å². The second kappa shape index (κ2) is 8.11. The van der Waals surface area contributed by atoms with Crippen LogP contribution in [-0.2, 0) is 11.2 Å². The monoisotopic (exact) mass is 329 g/mol. The molecular formula is C18H23N3OS. The van der Waals surface area contributed by atoms with E-state index in [2.05, 4.69) is 39.5 Å². The number of hydrogen-bond acceptors (Lipinski definition) is 4. The third-order valence-corrected chi connectivity index (χ3v) is 5.11. The van der Waals surface area contributed by atoms with Crippen molar-refractivity contribution in [3.8, 4) is 0 Å². The van der Waals surface area contributed by atoms with Gasteiger partial charge in [0.2, 0.25) is 5.91 Å². The van der Waals surface area contributed by atoms with Gasteiger partial charge in [-0.25, -0.2) is 4.98 Å². The van der Waals surface area contributed by atoms with Gasteiger partial charge < -0.3 is 10.2 Å². The van der Waals surface area contributed by atoms with Gasteiger partial charge in [-0.05, 0) is 37.3 Å². The molecule has 1 aliphatic heterocycles. The van der Waals surface area contributed by atoms with Gasteiger partial charge in [0.05, 0.1) is 5.01 Å². The summed E-state index contributed by atoms with van der Waals surface area (Å²) in [6, 6.07) is 10.5. The van der Waals surface area contributed by atoms with E-state index in [4.69, 9.17) is 0 Å². The smallest absolute Gasteiger partial charge is 0.220 e. The van der Waals surface area contributed by atoms with E-state index < -0.39 is 0 Å². The molecular weight excluding hydrogens is 306 g/mol. The Hall–Kier alpha value is -1.88. The van der Waals surface area contributed by atoms with E-state index in [9.17, 15) is 4.79 Å². The van der Waals surface area contributed by atoms with Crippen molar-refractivity contribution < 1.29 is 4.79 Å². The quantitative estimate of drug-likeness (QED) is 0.849. The lowest BCUT2D eigenvalue weighted by Crippen LogP contribution is -2.30. The number of anilines is 1. The van der Waals surface area contributed by atoms with E-state index in [1.54, 1.807) is 11.3 Å². The number of aryl methyl sites for hydroxylation is 1. The summed E-state index contributed by atoms with van der Waals surface area (Å²) < 4.78 is 0. The van der Waals surface area contributed by atoms with Crippen molar-refractivity contribution in [3.05, 3.63) is 46.9 Å². The highest BCUT2D eigenvalue weighted by molar-refractivity contribution is 7.09. The number of thiazole rings is 1. The summed E-state index contributed by atoms with van der Waals surface area (Å²) in [5, 5.41) is 6.19. The lowest BCUT2D eigenvalue weighted by molar-refractivity contribution is -0.121. The molecule has 2 aromatic rings. The van der Waals surface area contributed by atoms with Crippen molar-refractivity contribution in [2.45, 2.75) is 25.7 Å². The van der Waals surface area contributed by atoms with Crippen molar-refractivity contribution in [1.29, 1.82) is 0 Å². The fourth-order valence-corrected chi connectivity index (χ4v) is 3.66. The molecule has 5 heteroatoms. The molecule has 4 nitrogen and oxygen atoms in total. The maximum absolute atomic E-state index is 11.9. The van der Waals surface area contributed by atoms with E-state index in [1.807, 2.05) is 17.6 Å². The van der Waals surface area contributed by atoms with Crippen molar-refractivity contribution in [2.24, 2.45) is 5.92 Å². The van der Waals surface area contributed by atoms with Gasteiger partial charge in [-0.2, -0.15) is 0 Å². The first kappa shape index (κ1) is 16.0. The van der Waals surface area contributed by atoms with E-state index in [1.165, 1.54) is 5.69 Å². The Balaban J connectivity index is 1.33. The predicted molar refractivity (Wildman–Crippen MR) is 94.8 cm³/mol. The molecule has 1 fully saturated rings. The average molecular weight is 329 g/mol. The van der Waals surface area contributed by atoms with Crippen molar-refractivity contribution in [2.75, 3.05) is 24.5 Å². The first-order valence-electron chi connectivity index (χ1n) is 8.26. The molecule has 0 bridgehead atoms. The molecule has 0 aliphatic carbocycles. The number of benzene rings is 1. The Morgan fingerprint density at radius 2 is 2.22 bits per heavy atom. The molecule has 3 rings (SSSR count). The molecule has 1 amide bonds. The van der Waals surface area contributed by atoms with Gasteiger partial charge >= 0.3 is 0 Å². The minimum atomic E-state index is 0.166. The van der Waals surface area contributed by atoms with E-state index in [0.717, 1.165) is 43.9 Å². The van der Waals surface area contributed by atoms with Crippen LogP contribution in [0.3, 0.4) is 0 Å². The second-order valence-electron chi connectivity index (χ2n) is 6.02. The van der Waals surface area contributed by atoms with Crippen LogP contribution in [0.25, 0.3) is 0 Å². The SMILES string of the molecule is O=C(CCCc1nccs1)NCC1CCN(c2ccccc2)C1. The van der Waals surface area contributed by atoms with Crippen LogP contribution in [0.4, 0.5) is 5.69 Å². The lowest BCUT2D eigenvalue weighted by Gasteiger charge is -2.18. The van der Waals surface area contributed by atoms with E-state index >= 15 is 0 Å². The van der Waals surface area contributed by atoms with Crippen LogP contribution in [0.5, 0.6) is 0 Å². The summed E-state index contributed by atoms with van der Waals surface area (Å²) in [6.45, 7) is 2.90. The number of nitrogens with one attached hydrogen (secondary N) is 1. The van der Waals surface area contributed by atoms with Gasteiger partial charge in [0.25, 0.3) is 0 Å². The van der Waals surface area contributed by atoms with Crippen LogP contribution in [-0.4, -0.2) is 30.5 Å². The summed E-state index contributed by atoms with van der Waals surface area (Å²) >= 11 is 1.66. The zero-order valence-electron chi connectivity index (χ0n) is 13.3. The maximum Gasteiger partial charge on any atom is 0.220 e. The number of nitrogens with zero attached hydrogens (tertiary/aromatic N) is 2. The lowest BCUT2D eigenvalue weighted by atomic mass is 10.1. The molecule has 1 N–H and O–H groups in total. The molecule has 1 aromatic heterocycles. The zero-order valence-corrected chi connectivity index (χ0v) is 14.1. The standard InChI is InChI=1S/C18H23N3OS/c22-17(7-4-8-18-19-10-12-23-18)20-13-15-9-11-21(14-15)16-5-2-1-3-6-16/h1-3,5-6,10,12,15H,4,7-9,11,13-14H2,(H,20,22). The molecule has 23 heavy (non-hydrogen) atoms. The number of carbonyl (C=O) groups is 1. The summed E-state index contributed by atoms with van der Waals surface area (Å²) in [4.78, 5) is 18.6. The molecule has 0 radical (unpaired) electrons. The third kappa shape index (κ3) is 4.79. The highest BCUT2D eigenvalue weighted by Crippen LogP contribution is 2.22. The number of rotatable bonds is 7. The minimum Gasteiger partial charge on any atom is -0.371 e. The predicted octanol–water partition coefficient (Wildman–Crippen LogP) is 3.11. The zero-order chi connectivity index (χ0) is 15.9. The molecule has 1 aromatic carbocycles. The fourth-order valence-electron chi connectivity index (χ4n) is 3.00. The normalized spacial score (nSPS) is 17.4. The van der Waals surface area contributed by atoms with Gasteiger partial charge in [-0.1, -0.05) is 18.2 Å². The average Bonchev–Trinajstić information content (AvgIpc) is 3.25. The molecule has 0 spiro atoms. The summed E-state index contributed by atoms with van der Waals surface area (Å²) in [5.74, 6) is 0.720. The molecule has 122 valence electrons. The molecule has 0 saturated carbocycles. The van der Waals surface area contributed by atoms with Gasteiger partial charge in [0.1, 0.15) is 0 Å². The number of para-hydroxylation sites is 1. The summed E-state index contributed by atoms with van der Waals surface area (Å²) in [5.41, 5.74) is 1.28. The van der Waals surface area contributed by atoms with Crippen LogP contribution in [0.1, 0.15) is 24.3 Å². The first-order chi connectivity index (χ1) is 11.3. The maximum atomic E-state index is 11.9. The molecule has 1 unspecified atom stereocenters. The Kier molecular flexibility index (Phi) is 5.64. The van der Waals surface area contributed by atoms with Gasteiger partial charge in [0.15, 0.2) is 0 Å². The number of aromatic nitrogens is 1. The molecule has 2 heterocycles. The second-order valence-corrected chi connectivity index (χ2v) is 7.00. The van der Waals surface area contributed by atoms with Crippen molar-refractivity contribution >= 4 is 22.9 Å². The third-order valence-electron chi connectivity index (χ3n) is 4.27. The van der Waals surface area contributed by atoms with Crippen LogP contribution in [0.2, 0.25) is 0 Å². The van der Waals surface area contributed by atoms with Gasteiger partial charge in [-0.3, -0.25) is 4.79 Å². The number of carbonyl (C=O) groups excluding carboxylic acids is 1. The van der Waals surface area contributed by atoms with Crippen molar-refractivity contribution in [3.63, 3.8) is 0 Å². The molecule has 1 atom stereocenters. The molecule has 1 aliphatic rings. The van der Waals surface area contributed by atoms with Crippen LogP contribution < -0.4 is 10.2 Å². The topological polar surface area (TPSA) is 45.2 Å². The first-order valence-corrected chi connectivity index (χ1v) is 9.14. The molecule has 1 saturated heterocycles. The Morgan fingerprint density at radius 1 is 1.35 bits per heavy atom. The van der Waals surface area contributed by atoms with Crippen LogP contribution >= 0.6 is 11.3 Å². The van der Waals surface area contributed by atoms with E-state index in [-0.39, 0.29) is 5.91 Å². The van der Waals surface area contributed by atoms with Crippen LogP contribution in [0, 0.1) is 5.92 Å². The largest absolute Gasteiger partial charge is 0.371 e. The van der Waals surface area contributed by atoms with Gasteiger partial charge in [-0.15, -0.1) is 11.3 Å². The number of hydrogen-bond donors (Lipinski definition) is 1. The fraction of sp³-hybridized carbons (Fsp3) is 0.444. The highest BCUT2D eigenvalue weighted by atomic mass is 32.1. The van der Waals surface area contributed by atoms with Crippen molar-refractivity contribution in [1.82, 2.24) is 10.3 Å². The Morgan fingerprint density at radius 3 is 3.00 bits per heavy atom. The highest BCUT2D eigenvalue weighted by Gasteiger charge is 2.22. The van der Waals surface area contributed by atoms with E-state index in [0.29, 0.717) is 12.3 Å². The Labute approximate surface area is 141 Å². The summed E-state index contributed by atoms with van der Waals surface area (Å²) in [6.07, 6.45) is 5.33. The number of amides is 1. The summed E-state index contributed by atoms with van der Waals surface area (Å²) in [7, 11) is 0.